The van der Waals surface area contributed by atoms with Gasteiger partial charge in [0.05, 0.1) is 18.3 Å². The summed E-state index contributed by atoms with van der Waals surface area (Å²) in [5, 5.41) is 0. The largest absolute Gasteiger partial charge is 0.372 e. The lowest BCUT2D eigenvalue weighted by atomic mass is 10.1. The van der Waals surface area contributed by atoms with Gasteiger partial charge in [0.2, 0.25) is 0 Å². The summed E-state index contributed by atoms with van der Waals surface area (Å²) in [6.45, 7) is 8.38. The predicted octanol–water partition coefficient (Wildman–Crippen LogP) is 3.46. The first-order valence-corrected chi connectivity index (χ1v) is 8.92. The van der Waals surface area contributed by atoms with Crippen LogP contribution in [0.4, 0.5) is 0 Å². The lowest BCUT2D eigenvalue weighted by molar-refractivity contribution is -0.00681. The van der Waals surface area contributed by atoms with Crippen molar-refractivity contribution in [2.24, 2.45) is 0 Å². The fourth-order valence-electron chi connectivity index (χ4n) is 3.08. The van der Waals surface area contributed by atoms with Gasteiger partial charge in [-0.25, -0.2) is 0 Å². The van der Waals surface area contributed by atoms with E-state index in [-0.39, 0.29) is 17.6 Å². The molecule has 3 heterocycles. The monoisotopic (exact) mass is 341 g/mol. The summed E-state index contributed by atoms with van der Waals surface area (Å²) in [6, 6.07) is 5.83. The zero-order valence-electron chi connectivity index (χ0n) is 15.3. The Morgan fingerprint density at radius 1 is 1.36 bits per heavy atom. The first-order chi connectivity index (χ1) is 11.9. The van der Waals surface area contributed by atoms with Crippen LogP contribution < -0.4 is 0 Å². The molecule has 1 aliphatic heterocycles. The molecule has 0 aliphatic carbocycles. The molecule has 0 spiro atoms. The summed E-state index contributed by atoms with van der Waals surface area (Å²) < 4.78 is 8.09. The zero-order chi connectivity index (χ0) is 17.9. The number of aromatic nitrogens is 2. The van der Waals surface area contributed by atoms with Crippen LogP contribution in [0.15, 0.2) is 43.0 Å². The number of rotatable bonds is 4. The quantitative estimate of drug-likeness (QED) is 0.856. The molecule has 2 aromatic rings. The molecule has 1 amide bonds. The zero-order valence-corrected chi connectivity index (χ0v) is 15.3. The van der Waals surface area contributed by atoms with Crippen molar-refractivity contribution in [1.29, 1.82) is 0 Å². The SMILES string of the molecule is CC(C)(C)n1ccc(C(=O)N2CCC[C@H](OCc3cccnc3)C2)c1. The van der Waals surface area contributed by atoms with Crippen LogP contribution in [0.1, 0.15) is 49.5 Å². The van der Waals surface area contributed by atoms with Crippen LogP contribution in [0.3, 0.4) is 0 Å². The number of ether oxygens (including phenoxy) is 1. The predicted molar refractivity (Wildman–Crippen MR) is 97.4 cm³/mol. The van der Waals surface area contributed by atoms with Crippen LogP contribution in [0, 0.1) is 0 Å². The Morgan fingerprint density at radius 3 is 2.88 bits per heavy atom. The fourth-order valence-corrected chi connectivity index (χ4v) is 3.08. The summed E-state index contributed by atoms with van der Waals surface area (Å²) in [7, 11) is 0. The Morgan fingerprint density at radius 2 is 2.20 bits per heavy atom. The highest BCUT2D eigenvalue weighted by atomic mass is 16.5. The Bertz CT molecular complexity index is 703. The number of pyridine rings is 1. The minimum atomic E-state index is -0.0181. The van der Waals surface area contributed by atoms with Crippen molar-refractivity contribution in [1.82, 2.24) is 14.5 Å². The Hall–Kier alpha value is -2.14. The number of piperidine rings is 1. The van der Waals surface area contributed by atoms with E-state index in [0.717, 1.165) is 30.5 Å². The molecular formula is C20H27N3O2. The van der Waals surface area contributed by atoms with Crippen molar-refractivity contribution in [3.63, 3.8) is 0 Å². The molecule has 5 heteroatoms. The van der Waals surface area contributed by atoms with Gasteiger partial charge in [-0.2, -0.15) is 0 Å². The lowest BCUT2D eigenvalue weighted by Crippen LogP contribution is -2.43. The molecule has 3 rings (SSSR count). The van der Waals surface area contributed by atoms with E-state index in [4.69, 9.17) is 4.74 Å². The number of nitrogens with zero attached hydrogens (tertiary/aromatic N) is 3. The van der Waals surface area contributed by atoms with Gasteiger partial charge in [-0.15, -0.1) is 0 Å². The molecule has 2 aromatic heterocycles. The Labute approximate surface area is 149 Å². The van der Waals surface area contributed by atoms with E-state index in [2.05, 4.69) is 30.3 Å². The van der Waals surface area contributed by atoms with Gasteiger partial charge in [-0.1, -0.05) is 6.07 Å². The second-order valence-electron chi connectivity index (χ2n) is 7.67. The minimum absolute atomic E-state index is 0.0181. The topological polar surface area (TPSA) is 47.4 Å². The number of carbonyl (C=O) groups excluding carboxylic acids is 1. The first kappa shape index (κ1) is 17.7. The van der Waals surface area contributed by atoms with Gasteiger partial charge in [-0.3, -0.25) is 9.78 Å². The molecule has 0 N–H and O–H groups in total. The van der Waals surface area contributed by atoms with Crippen molar-refractivity contribution in [2.45, 2.75) is 51.9 Å². The van der Waals surface area contributed by atoms with Crippen molar-refractivity contribution in [2.75, 3.05) is 13.1 Å². The van der Waals surface area contributed by atoms with Crippen LogP contribution >= 0.6 is 0 Å². The number of likely N-dealkylation sites (tertiary alicyclic amines) is 1. The van der Waals surface area contributed by atoms with Crippen LogP contribution in [0.25, 0.3) is 0 Å². The van der Waals surface area contributed by atoms with Crippen LogP contribution in [0.2, 0.25) is 0 Å². The maximum atomic E-state index is 12.8. The molecule has 1 atom stereocenters. The average Bonchev–Trinajstić information content (AvgIpc) is 3.11. The van der Waals surface area contributed by atoms with Crippen molar-refractivity contribution >= 4 is 5.91 Å². The number of hydrogen-bond donors (Lipinski definition) is 0. The number of carbonyl (C=O) groups is 1. The molecule has 0 radical (unpaired) electrons. The Kier molecular flexibility index (Phi) is 5.23. The summed E-state index contributed by atoms with van der Waals surface area (Å²) in [6.07, 6.45) is 9.56. The lowest BCUT2D eigenvalue weighted by Gasteiger charge is -2.32. The van der Waals surface area contributed by atoms with E-state index in [1.807, 2.05) is 41.7 Å². The van der Waals surface area contributed by atoms with E-state index >= 15 is 0 Å². The van der Waals surface area contributed by atoms with Gasteiger partial charge in [-0.05, 0) is 51.3 Å². The molecule has 1 aliphatic rings. The van der Waals surface area contributed by atoms with E-state index in [0.29, 0.717) is 13.2 Å². The molecular weight excluding hydrogens is 314 g/mol. The average molecular weight is 341 g/mol. The summed E-state index contributed by atoms with van der Waals surface area (Å²) in [4.78, 5) is 18.8. The molecule has 5 nitrogen and oxygen atoms in total. The number of amides is 1. The van der Waals surface area contributed by atoms with Gasteiger partial charge in [0.25, 0.3) is 5.91 Å². The van der Waals surface area contributed by atoms with Crippen LogP contribution in [0.5, 0.6) is 0 Å². The summed E-state index contributed by atoms with van der Waals surface area (Å²) in [5.74, 6) is 0.0951. The summed E-state index contributed by atoms with van der Waals surface area (Å²) in [5.41, 5.74) is 1.80. The van der Waals surface area contributed by atoms with Crippen molar-refractivity contribution in [3.8, 4) is 0 Å². The molecule has 0 bridgehead atoms. The first-order valence-electron chi connectivity index (χ1n) is 8.92. The second-order valence-corrected chi connectivity index (χ2v) is 7.67. The van der Waals surface area contributed by atoms with Crippen LogP contribution in [-0.2, 0) is 16.9 Å². The van der Waals surface area contributed by atoms with E-state index in [9.17, 15) is 4.79 Å². The third-order valence-electron chi connectivity index (χ3n) is 4.59. The van der Waals surface area contributed by atoms with E-state index in [1.165, 1.54) is 0 Å². The molecule has 0 unspecified atom stereocenters. The smallest absolute Gasteiger partial charge is 0.255 e. The molecule has 1 fully saturated rings. The highest BCUT2D eigenvalue weighted by molar-refractivity contribution is 5.94. The number of hydrogen-bond acceptors (Lipinski definition) is 3. The van der Waals surface area contributed by atoms with Gasteiger partial charge in [0.15, 0.2) is 0 Å². The maximum Gasteiger partial charge on any atom is 0.255 e. The van der Waals surface area contributed by atoms with Gasteiger partial charge in [0.1, 0.15) is 0 Å². The van der Waals surface area contributed by atoms with Crippen molar-refractivity contribution in [3.05, 3.63) is 54.1 Å². The van der Waals surface area contributed by atoms with Gasteiger partial charge < -0.3 is 14.2 Å². The maximum absolute atomic E-state index is 12.8. The minimum Gasteiger partial charge on any atom is -0.372 e. The third-order valence-corrected chi connectivity index (χ3v) is 4.59. The Balaban J connectivity index is 1.59. The van der Waals surface area contributed by atoms with E-state index in [1.54, 1.807) is 6.20 Å². The highest BCUT2D eigenvalue weighted by Gasteiger charge is 2.26. The molecule has 0 aromatic carbocycles. The second kappa shape index (κ2) is 7.40. The fraction of sp³-hybridized carbons (Fsp3) is 0.500. The molecule has 0 saturated carbocycles. The molecule has 134 valence electrons. The van der Waals surface area contributed by atoms with Gasteiger partial charge >= 0.3 is 0 Å². The highest BCUT2D eigenvalue weighted by Crippen LogP contribution is 2.20. The summed E-state index contributed by atoms with van der Waals surface area (Å²) >= 11 is 0. The van der Waals surface area contributed by atoms with Crippen molar-refractivity contribution < 1.29 is 9.53 Å². The normalized spacial score (nSPS) is 18.4. The molecule has 1 saturated heterocycles. The molecule has 25 heavy (non-hydrogen) atoms. The van der Waals surface area contributed by atoms with Crippen LogP contribution in [-0.4, -0.2) is 39.6 Å². The third kappa shape index (κ3) is 4.48. The van der Waals surface area contributed by atoms with Gasteiger partial charge in [0, 0.05) is 43.4 Å². The van der Waals surface area contributed by atoms with E-state index < -0.39 is 0 Å². The standard InChI is InChI=1S/C20H27N3O2/c1-20(2,3)23-11-8-17(13-23)19(24)22-10-5-7-18(14-22)25-15-16-6-4-9-21-12-16/h4,6,8-9,11-13,18H,5,7,10,14-15H2,1-3H3/t18-/m0/s1.